The van der Waals surface area contributed by atoms with Crippen LogP contribution in [-0.4, -0.2) is 39.0 Å². The van der Waals surface area contributed by atoms with Gasteiger partial charge < -0.3 is 14.2 Å². The standard InChI is InChI=1S/C20H40O4/c1-3-5-7-8-9-10-12-17-24-20(21)14-13-16-23-19-18-22-15-11-6-4-2/h3-19H2,1-2H3. The molecule has 0 spiro atoms. The Labute approximate surface area is 149 Å². The molecule has 0 amide bonds. The van der Waals surface area contributed by atoms with Gasteiger partial charge in [0.1, 0.15) is 0 Å². The molecule has 0 fully saturated rings. The number of unbranched alkanes of at least 4 members (excludes halogenated alkanes) is 8. The van der Waals surface area contributed by atoms with Gasteiger partial charge in [-0.25, -0.2) is 0 Å². The minimum Gasteiger partial charge on any atom is -0.466 e. The summed E-state index contributed by atoms with van der Waals surface area (Å²) >= 11 is 0. The lowest BCUT2D eigenvalue weighted by Gasteiger charge is -2.06. The molecule has 0 saturated heterocycles. The van der Waals surface area contributed by atoms with E-state index in [4.69, 9.17) is 14.2 Å². The third kappa shape index (κ3) is 19.4. The molecule has 0 bridgehead atoms. The maximum absolute atomic E-state index is 11.6. The molecule has 0 aromatic carbocycles. The van der Waals surface area contributed by atoms with Crippen molar-refractivity contribution in [2.24, 2.45) is 0 Å². The summed E-state index contributed by atoms with van der Waals surface area (Å²) in [5.74, 6) is -0.0969. The van der Waals surface area contributed by atoms with E-state index in [0.29, 0.717) is 32.8 Å². The van der Waals surface area contributed by atoms with Gasteiger partial charge in [0.05, 0.1) is 19.8 Å². The van der Waals surface area contributed by atoms with Crippen LogP contribution < -0.4 is 0 Å². The summed E-state index contributed by atoms with van der Waals surface area (Å²) in [6.45, 7) is 7.66. The Hall–Kier alpha value is -0.610. The molecule has 24 heavy (non-hydrogen) atoms. The van der Waals surface area contributed by atoms with E-state index in [0.717, 1.165) is 25.9 Å². The van der Waals surface area contributed by atoms with E-state index < -0.39 is 0 Å². The zero-order valence-electron chi connectivity index (χ0n) is 16.2. The van der Waals surface area contributed by atoms with E-state index in [1.807, 2.05) is 0 Å². The number of carbonyl (C=O) groups is 1. The van der Waals surface area contributed by atoms with Crippen LogP contribution in [0.2, 0.25) is 0 Å². The Kier molecular flexibility index (Phi) is 19.9. The van der Waals surface area contributed by atoms with E-state index in [-0.39, 0.29) is 5.97 Å². The van der Waals surface area contributed by atoms with Gasteiger partial charge in [0.2, 0.25) is 0 Å². The summed E-state index contributed by atoms with van der Waals surface area (Å²) in [5, 5.41) is 0. The number of esters is 1. The number of hydrogen-bond donors (Lipinski definition) is 0. The predicted octanol–water partition coefficient (Wildman–Crippen LogP) is 5.28. The summed E-state index contributed by atoms with van der Waals surface area (Å²) in [4.78, 5) is 11.6. The Morgan fingerprint density at radius 2 is 1.08 bits per heavy atom. The molecule has 0 aromatic rings. The van der Waals surface area contributed by atoms with Crippen LogP contribution in [0.1, 0.15) is 90.9 Å². The molecule has 0 aliphatic carbocycles. The minimum atomic E-state index is -0.0969. The first-order chi connectivity index (χ1) is 11.8. The third-order valence-corrected chi connectivity index (χ3v) is 3.94. The van der Waals surface area contributed by atoms with Crippen molar-refractivity contribution in [1.29, 1.82) is 0 Å². The SMILES string of the molecule is CCCCCCCCCOC(=O)CCCOCCOCCCCC. The molecule has 4 heteroatoms. The van der Waals surface area contributed by atoms with E-state index >= 15 is 0 Å². The monoisotopic (exact) mass is 344 g/mol. The van der Waals surface area contributed by atoms with Crippen LogP contribution in [0.4, 0.5) is 0 Å². The first-order valence-corrected chi connectivity index (χ1v) is 10.1. The second kappa shape index (κ2) is 20.4. The Balaban J connectivity index is 3.13. The first-order valence-electron chi connectivity index (χ1n) is 10.1. The molecule has 0 heterocycles. The quantitative estimate of drug-likeness (QED) is 0.236. The van der Waals surface area contributed by atoms with Crippen LogP contribution in [0.5, 0.6) is 0 Å². The van der Waals surface area contributed by atoms with Crippen molar-refractivity contribution in [2.75, 3.05) is 33.0 Å². The van der Waals surface area contributed by atoms with Crippen molar-refractivity contribution < 1.29 is 19.0 Å². The van der Waals surface area contributed by atoms with Crippen molar-refractivity contribution in [1.82, 2.24) is 0 Å². The lowest BCUT2D eigenvalue weighted by molar-refractivity contribution is -0.144. The second-order valence-electron chi connectivity index (χ2n) is 6.38. The summed E-state index contributed by atoms with van der Waals surface area (Å²) in [5.41, 5.74) is 0. The largest absolute Gasteiger partial charge is 0.466 e. The van der Waals surface area contributed by atoms with Gasteiger partial charge in [0.15, 0.2) is 0 Å². The van der Waals surface area contributed by atoms with E-state index in [9.17, 15) is 4.79 Å². The zero-order valence-corrected chi connectivity index (χ0v) is 16.2. The average molecular weight is 345 g/mol. The smallest absolute Gasteiger partial charge is 0.305 e. The van der Waals surface area contributed by atoms with Gasteiger partial charge >= 0.3 is 5.97 Å². The second-order valence-corrected chi connectivity index (χ2v) is 6.38. The van der Waals surface area contributed by atoms with Crippen molar-refractivity contribution in [3.8, 4) is 0 Å². The summed E-state index contributed by atoms with van der Waals surface area (Å²) in [7, 11) is 0. The van der Waals surface area contributed by atoms with Gasteiger partial charge in [-0.05, 0) is 19.3 Å². The normalized spacial score (nSPS) is 10.9. The zero-order chi connectivity index (χ0) is 17.7. The Morgan fingerprint density at radius 3 is 1.75 bits per heavy atom. The first kappa shape index (κ1) is 23.4. The molecule has 0 aromatic heterocycles. The summed E-state index contributed by atoms with van der Waals surface area (Å²) < 4.78 is 16.1. The molecule has 144 valence electrons. The Morgan fingerprint density at radius 1 is 0.583 bits per heavy atom. The van der Waals surface area contributed by atoms with Crippen molar-refractivity contribution >= 4 is 5.97 Å². The molecule has 0 saturated carbocycles. The van der Waals surface area contributed by atoms with Gasteiger partial charge in [-0.2, -0.15) is 0 Å². The molecule has 0 aliphatic rings. The highest BCUT2D eigenvalue weighted by molar-refractivity contribution is 5.69. The molecule has 0 aliphatic heterocycles. The van der Waals surface area contributed by atoms with Crippen LogP contribution >= 0.6 is 0 Å². The van der Waals surface area contributed by atoms with Crippen molar-refractivity contribution in [3.63, 3.8) is 0 Å². The molecule has 0 rings (SSSR count). The van der Waals surface area contributed by atoms with Gasteiger partial charge in [-0.15, -0.1) is 0 Å². The molecule has 0 N–H and O–H groups in total. The van der Waals surface area contributed by atoms with Gasteiger partial charge in [-0.1, -0.05) is 65.2 Å². The molecule has 0 atom stereocenters. The highest BCUT2D eigenvalue weighted by Crippen LogP contribution is 2.07. The van der Waals surface area contributed by atoms with Crippen LogP contribution in [-0.2, 0) is 19.0 Å². The fourth-order valence-corrected chi connectivity index (χ4v) is 2.41. The lowest BCUT2D eigenvalue weighted by Crippen LogP contribution is -2.09. The molecular weight excluding hydrogens is 304 g/mol. The fraction of sp³-hybridized carbons (Fsp3) is 0.950. The van der Waals surface area contributed by atoms with E-state index in [2.05, 4.69) is 13.8 Å². The van der Waals surface area contributed by atoms with Crippen LogP contribution in [0.3, 0.4) is 0 Å². The van der Waals surface area contributed by atoms with Crippen molar-refractivity contribution in [2.45, 2.75) is 90.9 Å². The maximum atomic E-state index is 11.6. The number of ether oxygens (including phenoxy) is 3. The van der Waals surface area contributed by atoms with Crippen LogP contribution in [0.15, 0.2) is 0 Å². The predicted molar refractivity (Wildman–Crippen MR) is 99.3 cm³/mol. The molecule has 0 unspecified atom stereocenters. The maximum Gasteiger partial charge on any atom is 0.305 e. The fourth-order valence-electron chi connectivity index (χ4n) is 2.41. The summed E-state index contributed by atoms with van der Waals surface area (Å²) in [6, 6.07) is 0. The number of rotatable bonds is 19. The topological polar surface area (TPSA) is 44.8 Å². The van der Waals surface area contributed by atoms with Gasteiger partial charge in [0.25, 0.3) is 0 Å². The molecule has 0 radical (unpaired) electrons. The van der Waals surface area contributed by atoms with Gasteiger partial charge in [-0.3, -0.25) is 4.79 Å². The van der Waals surface area contributed by atoms with E-state index in [1.165, 1.54) is 51.4 Å². The average Bonchev–Trinajstić information content (AvgIpc) is 2.59. The molecule has 4 nitrogen and oxygen atoms in total. The van der Waals surface area contributed by atoms with Crippen LogP contribution in [0, 0.1) is 0 Å². The van der Waals surface area contributed by atoms with Crippen molar-refractivity contribution in [3.05, 3.63) is 0 Å². The number of hydrogen-bond acceptors (Lipinski definition) is 4. The highest BCUT2D eigenvalue weighted by Gasteiger charge is 2.02. The summed E-state index contributed by atoms with van der Waals surface area (Å²) in [6.07, 6.45) is 13.4. The highest BCUT2D eigenvalue weighted by atomic mass is 16.5. The van der Waals surface area contributed by atoms with E-state index in [1.54, 1.807) is 0 Å². The lowest BCUT2D eigenvalue weighted by atomic mass is 10.1. The molecular formula is C20H40O4. The third-order valence-electron chi connectivity index (χ3n) is 3.94. The number of carbonyl (C=O) groups excluding carboxylic acids is 1. The minimum absolute atomic E-state index is 0.0969. The Bertz CT molecular complexity index is 256. The van der Waals surface area contributed by atoms with Gasteiger partial charge in [0, 0.05) is 19.6 Å². The van der Waals surface area contributed by atoms with Crippen LogP contribution in [0.25, 0.3) is 0 Å².